The number of aliphatic hydroxyl groups excluding tert-OH is 1. The topological polar surface area (TPSA) is 20.2 Å². The van der Waals surface area contributed by atoms with Crippen LogP contribution in [0.15, 0.2) is 35.5 Å². The van der Waals surface area contributed by atoms with E-state index in [-0.39, 0.29) is 6.10 Å². The Bertz CT molecular complexity index is 639. The fourth-order valence-electron chi connectivity index (χ4n) is 6.67. The molecule has 1 heteroatoms. The van der Waals surface area contributed by atoms with Gasteiger partial charge in [-0.3, -0.25) is 0 Å². The minimum absolute atomic E-state index is 0.174. The second-order valence-electron chi connectivity index (χ2n) is 11.3. The van der Waals surface area contributed by atoms with Crippen molar-refractivity contribution in [3.63, 3.8) is 0 Å². The third-order valence-corrected chi connectivity index (χ3v) is 9.13. The van der Waals surface area contributed by atoms with Gasteiger partial charge in [-0.05, 0) is 91.9 Å². The number of rotatable bonds is 6. The summed E-state index contributed by atoms with van der Waals surface area (Å²) in [5.41, 5.74) is 4.70. The molecule has 3 rings (SSSR count). The van der Waals surface area contributed by atoms with Gasteiger partial charge < -0.3 is 5.11 Å². The fourth-order valence-corrected chi connectivity index (χ4v) is 6.67. The molecule has 2 unspecified atom stereocenters. The third kappa shape index (κ3) is 5.09. The van der Waals surface area contributed by atoms with Crippen molar-refractivity contribution in [2.75, 3.05) is 0 Å². The summed E-state index contributed by atoms with van der Waals surface area (Å²) in [5, 5.41) is 10.0. The average Bonchev–Trinajstić information content (AvgIpc) is 3.04. The van der Waals surface area contributed by atoms with Gasteiger partial charge in [0, 0.05) is 0 Å². The number of hydrogen-bond donors (Lipinski definition) is 1. The molecule has 0 amide bonds. The van der Waals surface area contributed by atoms with Crippen LogP contribution in [0.3, 0.4) is 0 Å². The highest BCUT2D eigenvalue weighted by Crippen LogP contribution is 2.60. The van der Waals surface area contributed by atoms with Crippen LogP contribution in [0.5, 0.6) is 0 Å². The summed E-state index contributed by atoms with van der Waals surface area (Å²) in [5.74, 6) is 4.14. The Labute approximate surface area is 180 Å². The Balaban J connectivity index is 1.70. The lowest BCUT2D eigenvalue weighted by Crippen LogP contribution is -2.36. The number of allylic oxidation sites excluding steroid dienone is 4. The molecule has 0 radical (unpaired) electrons. The van der Waals surface area contributed by atoms with E-state index in [4.69, 9.17) is 0 Å². The molecule has 0 aliphatic heterocycles. The van der Waals surface area contributed by atoms with E-state index in [1.807, 2.05) is 0 Å². The zero-order chi connectivity index (χ0) is 21.2. The first-order valence-corrected chi connectivity index (χ1v) is 12.5. The molecule has 3 aliphatic carbocycles. The molecule has 6 atom stereocenters. The van der Waals surface area contributed by atoms with E-state index < -0.39 is 0 Å². The molecule has 0 aromatic carbocycles. The third-order valence-electron chi connectivity index (χ3n) is 9.13. The maximum Gasteiger partial charge on any atom is 0.0583 e. The van der Waals surface area contributed by atoms with Gasteiger partial charge in [-0.25, -0.2) is 0 Å². The van der Waals surface area contributed by atoms with Crippen molar-refractivity contribution in [2.24, 2.45) is 35.0 Å². The van der Waals surface area contributed by atoms with E-state index >= 15 is 0 Å². The Kier molecular flexibility index (Phi) is 7.52. The molecule has 0 bridgehead atoms. The van der Waals surface area contributed by atoms with Gasteiger partial charge in [0.1, 0.15) is 0 Å². The molecular formula is C28H46O. The summed E-state index contributed by atoms with van der Waals surface area (Å²) in [7, 11) is 0. The molecule has 3 saturated carbocycles. The van der Waals surface area contributed by atoms with E-state index in [9.17, 15) is 5.11 Å². The van der Waals surface area contributed by atoms with Crippen LogP contribution in [0, 0.1) is 35.0 Å². The second-order valence-corrected chi connectivity index (χ2v) is 11.3. The summed E-state index contributed by atoms with van der Waals surface area (Å²) >= 11 is 0. The molecule has 0 spiro atoms. The predicted molar refractivity (Wildman–Crippen MR) is 126 cm³/mol. The standard InChI is InChI=1S/C28H46O/c1-19(2)20(3)9-10-22(5)26-15-16-27-23(8-7-17-28(26,27)6)12-13-24-18-25(29)14-11-21(24)4/h12-13,19-20,22,25-27,29H,4,7-11,14-18H2,1-3,5-6H3/b23-12+,24-13-/t20-,22+,25-,26?,27?,28+/m0/s1. The lowest BCUT2D eigenvalue weighted by Gasteiger charge is -2.44. The van der Waals surface area contributed by atoms with Gasteiger partial charge in [0.05, 0.1) is 6.10 Å². The molecule has 1 nitrogen and oxygen atoms in total. The van der Waals surface area contributed by atoms with Crippen molar-refractivity contribution in [3.8, 4) is 0 Å². The van der Waals surface area contributed by atoms with Crippen molar-refractivity contribution < 1.29 is 5.11 Å². The van der Waals surface area contributed by atoms with Gasteiger partial charge in [-0.2, -0.15) is 0 Å². The first kappa shape index (κ1) is 22.9. The van der Waals surface area contributed by atoms with Crippen LogP contribution in [0.4, 0.5) is 0 Å². The highest BCUT2D eigenvalue weighted by atomic mass is 16.3. The van der Waals surface area contributed by atoms with E-state index in [0.717, 1.165) is 48.9 Å². The molecule has 0 aromatic heterocycles. The molecule has 3 fully saturated rings. The Hall–Kier alpha value is -0.820. The van der Waals surface area contributed by atoms with Crippen molar-refractivity contribution in [3.05, 3.63) is 35.5 Å². The van der Waals surface area contributed by atoms with Crippen LogP contribution >= 0.6 is 0 Å². The average molecular weight is 399 g/mol. The quantitative estimate of drug-likeness (QED) is 0.482. The van der Waals surface area contributed by atoms with Crippen LogP contribution < -0.4 is 0 Å². The highest BCUT2D eigenvalue weighted by Gasteiger charge is 2.50. The minimum Gasteiger partial charge on any atom is -0.393 e. The van der Waals surface area contributed by atoms with E-state index in [1.165, 1.54) is 56.1 Å². The zero-order valence-electron chi connectivity index (χ0n) is 19.8. The highest BCUT2D eigenvalue weighted by molar-refractivity contribution is 5.36. The van der Waals surface area contributed by atoms with Crippen molar-refractivity contribution in [1.29, 1.82) is 0 Å². The maximum absolute atomic E-state index is 10.0. The lowest BCUT2D eigenvalue weighted by molar-refractivity contribution is 0.0907. The number of hydrogen-bond acceptors (Lipinski definition) is 1. The zero-order valence-corrected chi connectivity index (χ0v) is 19.8. The largest absolute Gasteiger partial charge is 0.393 e. The molecule has 0 heterocycles. The van der Waals surface area contributed by atoms with Crippen molar-refractivity contribution in [2.45, 2.75) is 105 Å². The Morgan fingerprint density at radius 3 is 2.55 bits per heavy atom. The van der Waals surface area contributed by atoms with Crippen molar-refractivity contribution >= 4 is 0 Å². The lowest BCUT2D eigenvalue weighted by atomic mass is 9.60. The van der Waals surface area contributed by atoms with Gasteiger partial charge in [0.25, 0.3) is 0 Å². The Morgan fingerprint density at radius 2 is 1.83 bits per heavy atom. The van der Waals surface area contributed by atoms with Crippen LogP contribution in [-0.2, 0) is 0 Å². The second kappa shape index (κ2) is 9.54. The van der Waals surface area contributed by atoms with Gasteiger partial charge >= 0.3 is 0 Å². The van der Waals surface area contributed by atoms with Gasteiger partial charge in [-0.15, -0.1) is 0 Å². The summed E-state index contributed by atoms with van der Waals surface area (Å²) in [6.07, 6.45) is 16.8. The van der Waals surface area contributed by atoms with E-state index in [1.54, 1.807) is 5.57 Å². The van der Waals surface area contributed by atoms with Gasteiger partial charge in [0.2, 0.25) is 0 Å². The van der Waals surface area contributed by atoms with E-state index in [2.05, 4.69) is 53.3 Å². The fraction of sp³-hybridized carbons (Fsp3) is 0.786. The van der Waals surface area contributed by atoms with Gasteiger partial charge in [-0.1, -0.05) is 77.3 Å². The normalized spacial score (nSPS) is 37.9. The molecule has 164 valence electrons. The van der Waals surface area contributed by atoms with E-state index in [0.29, 0.717) is 5.41 Å². The first-order valence-electron chi connectivity index (χ1n) is 12.5. The molecular weight excluding hydrogens is 352 g/mol. The molecule has 29 heavy (non-hydrogen) atoms. The predicted octanol–water partition coefficient (Wildman–Crippen LogP) is 7.87. The van der Waals surface area contributed by atoms with Crippen molar-refractivity contribution in [1.82, 2.24) is 0 Å². The number of aliphatic hydroxyl groups is 1. The summed E-state index contributed by atoms with van der Waals surface area (Å²) in [6, 6.07) is 0. The smallest absolute Gasteiger partial charge is 0.0583 e. The molecule has 1 N–H and O–H groups in total. The Morgan fingerprint density at radius 1 is 1.07 bits per heavy atom. The van der Waals surface area contributed by atoms with Crippen LogP contribution in [0.1, 0.15) is 98.8 Å². The monoisotopic (exact) mass is 398 g/mol. The van der Waals surface area contributed by atoms with Crippen LogP contribution in [0.2, 0.25) is 0 Å². The minimum atomic E-state index is -0.174. The number of fused-ring (bicyclic) bond motifs is 1. The molecule has 0 saturated heterocycles. The summed E-state index contributed by atoms with van der Waals surface area (Å²) in [6.45, 7) is 16.6. The van der Waals surface area contributed by atoms with Gasteiger partial charge in [0.15, 0.2) is 0 Å². The molecule has 3 aliphatic rings. The van der Waals surface area contributed by atoms with Crippen LogP contribution in [0.25, 0.3) is 0 Å². The SMILES string of the molecule is C=C1CC[C@H](O)C/C1=C/C=C1\CCC[C@@]2(C)C1CCC2[C@H](C)CC[C@H](C)C(C)C. The van der Waals surface area contributed by atoms with Crippen LogP contribution in [-0.4, -0.2) is 11.2 Å². The molecule has 0 aromatic rings. The maximum atomic E-state index is 10.0. The summed E-state index contributed by atoms with van der Waals surface area (Å²) < 4.78 is 0. The summed E-state index contributed by atoms with van der Waals surface area (Å²) in [4.78, 5) is 0. The first-order chi connectivity index (χ1) is 13.7.